The Morgan fingerprint density at radius 1 is 1.43 bits per heavy atom. The van der Waals surface area contributed by atoms with E-state index in [1.54, 1.807) is 0 Å². The van der Waals surface area contributed by atoms with Crippen molar-refractivity contribution >= 4 is 5.78 Å². The molecular formula is C18H28O3. The molecule has 0 aromatic rings. The summed E-state index contributed by atoms with van der Waals surface area (Å²) in [6.45, 7) is 5.75. The van der Waals surface area contributed by atoms with E-state index in [4.69, 9.17) is 0 Å². The molecule has 0 heterocycles. The van der Waals surface area contributed by atoms with Crippen molar-refractivity contribution in [2.45, 2.75) is 57.7 Å². The van der Waals surface area contributed by atoms with Crippen LogP contribution in [0.4, 0.5) is 0 Å². The lowest BCUT2D eigenvalue weighted by Crippen LogP contribution is -2.20. The average Bonchev–Trinajstić information content (AvgIpc) is 2.91. The highest BCUT2D eigenvalue weighted by atomic mass is 16.3. The molecule has 2 rings (SSSR count). The molecule has 21 heavy (non-hydrogen) atoms. The molecule has 2 fully saturated rings. The predicted octanol–water partition coefficient (Wildman–Crippen LogP) is 2.87. The number of hydrogen-bond acceptors (Lipinski definition) is 3. The molecule has 6 atom stereocenters. The molecule has 0 radical (unpaired) electrons. The summed E-state index contributed by atoms with van der Waals surface area (Å²) in [5, 5.41) is 20.3. The second-order valence-corrected chi connectivity index (χ2v) is 6.82. The van der Waals surface area contributed by atoms with Gasteiger partial charge in [0.2, 0.25) is 0 Å². The maximum Gasteiger partial charge on any atom is 0.133 e. The molecule has 0 amide bonds. The van der Waals surface area contributed by atoms with E-state index in [0.29, 0.717) is 24.5 Å². The van der Waals surface area contributed by atoms with E-state index in [0.717, 1.165) is 25.7 Å². The van der Waals surface area contributed by atoms with Gasteiger partial charge in [-0.05, 0) is 43.4 Å². The smallest absolute Gasteiger partial charge is 0.133 e. The van der Waals surface area contributed by atoms with E-state index in [1.807, 2.05) is 25.2 Å². The normalized spacial score (nSPS) is 35.1. The van der Waals surface area contributed by atoms with Crippen molar-refractivity contribution < 1.29 is 15.0 Å². The fraction of sp³-hybridized carbons (Fsp3) is 0.722. The first kappa shape index (κ1) is 16.4. The maximum absolute atomic E-state index is 11.5. The Bertz CT molecular complexity index is 401. The molecule has 0 aliphatic heterocycles. The highest BCUT2D eigenvalue weighted by molar-refractivity contribution is 5.81. The molecule has 0 bridgehead atoms. The zero-order valence-corrected chi connectivity index (χ0v) is 12.9. The Kier molecular flexibility index (Phi) is 5.77. The molecule has 118 valence electrons. The number of aliphatic hydroxyl groups excluding tert-OH is 2. The predicted molar refractivity (Wildman–Crippen MR) is 83.7 cm³/mol. The second-order valence-electron chi connectivity index (χ2n) is 6.82. The van der Waals surface area contributed by atoms with Gasteiger partial charge in [-0.2, -0.15) is 0 Å². The second kappa shape index (κ2) is 7.37. The van der Waals surface area contributed by atoms with Crippen molar-refractivity contribution in [3.05, 3.63) is 24.8 Å². The topological polar surface area (TPSA) is 57.5 Å². The van der Waals surface area contributed by atoms with E-state index in [9.17, 15) is 15.0 Å². The van der Waals surface area contributed by atoms with E-state index < -0.39 is 6.10 Å². The van der Waals surface area contributed by atoms with Gasteiger partial charge in [-0.3, -0.25) is 4.79 Å². The minimum atomic E-state index is -0.474. The first-order valence-corrected chi connectivity index (χ1v) is 8.20. The number of carbonyl (C=O) groups excluding carboxylic acids is 1. The van der Waals surface area contributed by atoms with Crippen LogP contribution < -0.4 is 0 Å². The summed E-state index contributed by atoms with van der Waals surface area (Å²) in [6.07, 6.45) is 9.82. The third-order valence-electron chi connectivity index (χ3n) is 5.22. The quantitative estimate of drug-likeness (QED) is 0.560. The van der Waals surface area contributed by atoms with Crippen molar-refractivity contribution in [2.75, 3.05) is 0 Å². The molecule has 0 aromatic heterocycles. The van der Waals surface area contributed by atoms with Gasteiger partial charge in [0, 0.05) is 18.8 Å². The Balaban J connectivity index is 1.87. The Hall–Kier alpha value is -0.930. The standard InChI is InChI=1S/C18H28O3/c1-3-4-5-6-12(2)17(20)8-7-15-16-11-14(19)9-13(16)10-18(15)21/h3,7-8,12-13,15-18,20-21H,1,4-6,9-11H2,2H3/b8-7-. The van der Waals surface area contributed by atoms with Crippen LogP contribution in [0.1, 0.15) is 45.4 Å². The lowest BCUT2D eigenvalue weighted by atomic mass is 9.89. The van der Waals surface area contributed by atoms with Crippen molar-refractivity contribution in [1.82, 2.24) is 0 Å². The van der Waals surface area contributed by atoms with Gasteiger partial charge in [0.25, 0.3) is 0 Å². The molecule has 2 aliphatic carbocycles. The van der Waals surface area contributed by atoms with Gasteiger partial charge >= 0.3 is 0 Å². The third kappa shape index (κ3) is 4.04. The summed E-state index contributed by atoms with van der Waals surface area (Å²) >= 11 is 0. The molecule has 2 aliphatic rings. The van der Waals surface area contributed by atoms with Crippen LogP contribution in [0.5, 0.6) is 0 Å². The number of rotatable bonds is 7. The number of fused-ring (bicyclic) bond motifs is 1. The maximum atomic E-state index is 11.5. The molecule has 0 aromatic carbocycles. The summed E-state index contributed by atoms with van der Waals surface area (Å²) < 4.78 is 0. The van der Waals surface area contributed by atoms with Gasteiger partial charge in [0.05, 0.1) is 12.2 Å². The van der Waals surface area contributed by atoms with Gasteiger partial charge in [-0.15, -0.1) is 6.58 Å². The van der Waals surface area contributed by atoms with E-state index >= 15 is 0 Å². The van der Waals surface area contributed by atoms with E-state index in [-0.39, 0.29) is 23.9 Å². The fourth-order valence-corrected chi connectivity index (χ4v) is 3.88. The number of allylic oxidation sites excluding steroid dienone is 1. The van der Waals surface area contributed by atoms with Gasteiger partial charge in [-0.1, -0.05) is 25.2 Å². The van der Waals surface area contributed by atoms with Crippen molar-refractivity contribution in [1.29, 1.82) is 0 Å². The van der Waals surface area contributed by atoms with Gasteiger partial charge in [-0.25, -0.2) is 0 Å². The highest BCUT2D eigenvalue weighted by Crippen LogP contribution is 2.46. The Morgan fingerprint density at radius 2 is 2.19 bits per heavy atom. The van der Waals surface area contributed by atoms with Crippen LogP contribution in [0.15, 0.2) is 24.8 Å². The number of hydrogen-bond donors (Lipinski definition) is 2. The summed E-state index contributed by atoms with van der Waals surface area (Å²) in [4.78, 5) is 11.5. The summed E-state index contributed by atoms with van der Waals surface area (Å²) in [6, 6.07) is 0. The van der Waals surface area contributed by atoms with Crippen molar-refractivity contribution in [2.24, 2.45) is 23.7 Å². The SMILES string of the molecule is C=CCCCC(C)C(O)/C=C\C1C(O)CC2CC(=O)CC21. The molecule has 2 N–H and O–H groups in total. The van der Waals surface area contributed by atoms with Crippen LogP contribution in [-0.4, -0.2) is 28.2 Å². The van der Waals surface area contributed by atoms with Gasteiger partial charge in [0.1, 0.15) is 5.78 Å². The number of ketones is 1. The molecule has 0 spiro atoms. The van der Waals surface area contributed by atoms with Crippen molar-refractivity contribution in [3.63, 3.8) is 0 Å². The summed E-state index contributed by atoms with van der Waals surface area (Å²) in [5.41, 5.74) is 0. The van der Waals surface area contributed by atoms with Gasteiger partial charge < -0.3 is 10.2 Å². The zero-order valence-electron chi connectivity index (χ0n) is 12.9. The molecule has 6 unspecified atom stereocenters. The number of unbranched alkanes of at least 4 members (excludes halogenated alkanes) is 1. The zero-order chi connectivity index (χ0) is 15.4. The molecule has 3 nitrogen and oxygen atoms in total. The van der Waals surface area contributed by atoms with Gasteiger partial charge in [0.15, 0.2) is 0 Å². The fourth-order valence-electron chi connectivity index (χ4n) is 3.88. The summed E-state index contributed by atoms with van der Waals surface area (Å²) in [7, 11) is 0. The molecular weight excluding hydrogens is 264 g/mol. The van der Waals surface area contributed by atoms with E-state index in [2.05, 4.69) is 6.58 Å². The largest absolute Gasteiger partial charge is 0.392 e. The monoisotopic (exact) mass is 292 g/mol. The number of aliphatic hydroxyl groups is 2. The third-order valence-corrected chi connectivity index (χ3v) is 5.22. The molecule has 3 heteroatoms. The van der Waals surface area contributed by atoms with Crippen molar-refractivity contribution in [3.8, 4) is 0 Å². The Morgan fingerprint density at radius 3 is 2.90 bits per heavy atom. The van der Waals surface area contributed by atoms with Crippen LogP contribution in [0, 0.1) is 23.7 Å². The van der Waals surface area contributed by atoms with Crippen LogP contribution in [0.25, 0.3) is 0 Å². The minimum absolute atomic E-state index is 0.0384. The van der Waals surface area contributed by atoms with E-state index in [1.165, 1.54) is 0 Å². The molecule has 0 saturated heterocycles. The lowest BCUT2D eigenvalue weighted by molar-refractivity contribution is -0.118. The van der Waals surface area contributed by atoms with Crippen LogP contribution in [-0.2, 0) is 4.79 Å². The first-order valence-electron chi connectivity index (χ1n) is 8.20. The molecule has 2 saturated carbocycles. The number of Topliss-reactive ketones (excluding diaryl/α,β-unsaturated/α-hetero) is 1. The minimum Gasteiger partial charge on any atom is -0.392 e. The first-order chi connectivity index (χ1) is 10.0. The van der Waals surface area contributed by atoms with Crippen LogP contribution in [0.3, 0.4) is 0 Å². The highest BCUT2D eigenvalue weighted by Gasteiger charge is 2.46. The van der Waals surface area contributed by atoms with Crippen LogP contribution >= 0.6 is 0 Å². The van der Waals surface area contributed by atoms with Crippen LogP contribution in [0.2, 0.25) is 0 Å². The summed E-state index contributed by atoms with van der Waals surface area (Å²) in [5.74, 6) is 1.21. The number of carbonyl (C=O) groups is 1. The lowest BCUT2D eigenvalue weighted by Gasteiger charge is -2.19. The Labute approximate surface area is 127 Å². The average molecular weight is 292 g/mol.